The number of Topliss-reactive ketones (excluding diaryl/α,β-unsaturated/α-hetero) is 1. The number of sulfone groups is 1. The van der Waals surface area contributed by atoms with E-state index in [-0.39, 0.29) is 23.7 Å². The van der Waals surface area contributed by atoms with Crippen LogP contribution in [0.1, 0.15) is 23.3 Å². The molecule has 1 rings (SSSR count). The molecule has 6 heteroatoms. The van der Waals surface area contributed by atoms with Crippen LogP contribution in [0.3, 0.4) is 0 Å². The van der Waals surface area contributed by atoms with Crippen LogP contribution in [0, 0.1) is 0 Å². The first-order valence-electron chi connectivity index (χ1n) is 4.81. The van der Waals surface area contributed by atoms with Crippen LogP contribution < -0.4 is 5.73 Å². The molecule has 0 atom stereocenters. The summed E-state index contributed by atoms with van der Waals surface area (Å²) in [6.45, 7) is 0. The highest BCUT2D eigenvalue weighted by Gasteiger charge is 2.11. The van der Waals surface area contributed by atoms with Gasteiger partial charge in [0, 0.05) is 18.9 Å². The molecule has 0 saturated heterocycles. The molecule has 88 valence electrons. The van der Waals surface area contributed by atoms with Gasteiger partial charge in [0.25, 0.3) is 0 Å². The molecule has 0 spiro atoms. The Hall–Kier alpha value is -1.43. The molecule has 0 radical (unpaired) electrons. The van der Waals surface area contributed by atoms with E-state index in [1.165, 1.54) is 6.20 Å². The number of pyridine rings is 1. The van der Waals surface area contributed by atoms with Crippen LogP contribution in [0.5, 0.6) is 0 Å². The Kier molecular flexibility index (Phi) is 4.00. The van der Waals surface area contributed by atoms with Crippen LogP contribution in [0.25, 0.3) is 0 Å². The minimum Gasteiger partial charge on any atom is -0.397 e. The molecular formula is C10H14N2O3S. The fourth-order valence-electron chi connectivity index (χ4n) is 1.26. The Morgan fingerprint density at radius 1 is 1.50 bits per heavy atom. The van der Waals surface area contributed by atoms with E-state index < -0.39 is 9.84 Å². The van der Waals surface area contributed by atoms with Gasteiger partial charge >= 0.3 is 0 Å². The Bertz CT molecular complexity index is 483. The predicted molar refractivity (Wildman–Crippen MR) is 61.9 cm³/mol. The topological polar surface area (TPSA) is 90.1 Å². The molecule has 0 aliphatic carbocycles. The van der Waals surface area contributed by atoms with Gasteiger partial charge in [-0.25, -0.2) is 8.42 Å². The number of hydrogen-bond donors (Lipinski definition) is 1. The minimum absolute atomic E-state index is 0.00543. The summed E-state index contributed by atoms with van der Waals surface area (Å²) in [4.78, 5) is 15.5. The SMILES string of the molecule is CS(=O)(=O)CCCC(=O)c1ncccc1N. The second kappa shape index (κ2) is 5.07. The number of nitrogen functional groups attached to an aromatic ring is 1. The van der Waals surface area contributed by atoms with Crippen LogP contribution in [-0.2, 0) is 9.84 Å². The highest BCUT2D eigenvalue weighted by Crippen LogP contribution is 2.11. The van der Waals surface area contributed by atoms with Crippen LogP contribution >= 0.6 is 0 Å². The summed E-state index contributed by atoms with van der Waals surface area (Å²) in [5.41, 5.74) is 6.12. The quantitative estimate of drug-likeness (QED) is 0.766. The molecular weight excluding hydrogens is 228 g/mol. The van der Waals surface area contributed by atoms with Gasteiger partial charge in [-0.3, -0.25) is 9.78 Å². The van der Waals surface area contributed by atoms with Crippen LogP contribution in [0.4, 0.5) is 5.69 Å². The van der Waals surface area contributed by atoms with Crippen molar-refractivity contribution < 1.29 is 13.2 Å². The Morgan fingerprint density at radius 3 is 2.75 bits per heavy atom. The molecule has 0 saturated carbocycles. The first-order valence-corrected chi connectivity index (χ1v) is 6.87. The molecule has 2 N–H and O–H groups in total. The van der Waals surface area contributed by atoms with Crippen LogP contribution in [0.2, 0.25) is 0 Å². The highest BCUT2D eigenvalue weighted by molar-refractivity contribution is 7.90. The number of anilines is 1. The smallest absolute Gasteiger partial charge is 0.183 e. The summed E-state index contributed by atoms with van der Waals surface area (Å²) in [5, 5.41) is 0. The number of nitrogens with two attached hydrogens (primary N) is 1. The summed E-state index contributed by atoms with van der Waals surface area (Å²) < 4.78 is 21.7. The minimum atomic E-state index is -3.02. The summed E-state index contributed by atoms with van der Waals surface area (Å²) in [5.74, 6) is -0.215. The fraction of sp³-hybridized carbons (Fsp3) is 0.400. The van der Waals surface area contributed by atoms with Gasteiger partial charge in [-0.1, -0.05) is 0 Å². The zero-order chi connectivity index (χ0) is 12.2. The second-order valence-electron chi connectivity index (χ2n) is 3.60. The van der Waals surface area contributed by atoms with Crippen molar-refractivity contribution in [1.29, 1.82) is 0 Å². The van der Waals surface area contributed by atoms with Gasteiger partial charge in [0.2, 0.25) is 0 Å². The molecule has 1 aromatic rings. The molecule has 1 heterocycles. The van der Waals surface area contributed by atoms with Gasteiger partial charge in [0.1, 0.15) is 15.5 Å². The van der Waals surface area contributed by atoms with Gasteiger partial charge in [0.05, 0.1) is 11.4 Å². The van der Waals surface area contributed by atoms with E-state index in [1.807, 2.05) is 0 Å². The van der Waals surface area contributed by atoms with Crippen molar-refractivity contribution in [3.63, 3.8) is 0 Å². The first-order chi connectivity index (χ1) is 7.40. The number of aromatic nitrogens is 1. The first kappa shape index (κ1) is 12.6. The zero-order valence-corrected chi connectivity index (χ0v) is 9.83. The Morgan fingerprint density at radius 2 is 2.19 bits per heavy atom. The fourth-order valence-corrected chi connectivity index (χ4v) is 1.93. The lowest BCUT2D eigenvalue weighted by atomic mass is 10.1. The maximum Gasteiger partial charge on any atom is 0.183 e. The van der Waals surface area contributed by atoms with E-state index >= 15 is 0 Å². The van der Waals surface area contributed by atoms with Crippen molar-refractivity contribution in [1.82, 2.24) is 4.98 Å². The van der Waals surface area contributed by atoms with Crippen molar-refractivity contribution in [2.45, 2.75) is 12.8 Å². The van der Waals surface area contributed by atoms with Crippen LogP contribution in [-0.4, -0.2) is 31.2 Å². The Labute approximate surface area is 94.6 Å². The maximum absolute atomic E-state index is 11.6. The molecule has 0 unspecified atom stereocenters. The molecule has 0 aromatic carbocycles. The van der Waals surface area contributed by atoms with Gasteiger partial charge in [-0.2, -0.15) is 0 Å². The van der Waals surface area contributed by atoms with E-state index in [0.29, 0.717) is 12.1 Å². The monoisotopic (exact) mass is 242 g/mol. The number of nitrogens with zero attached hydrogens (tertiary/aromatic N) is 1. The maximum atomic E-state index is 11.6. The normalized spacial score (nSPS) is 11.3. The van der Waals surface area contributed by atoms with E-state index in [4.69, 9.17) is 5.73 Å². The van der Waals surface area contributed by atoms with E-state index in [2.05, 4.69) is 4.98 Å². The average molecular weight is 242 g/mol. The third-order valence-electron chi connectivity index (χ3n) is 2.02. The molecule has 1 aromatic heterocycles. The Balaban J connectivity index is 2.57. The van der Waals surface area contributed by atoms with Crippen molar-refractivity contribution in [2.24, 2.45) is 0 Å². The molecule has 0 aliphatic heterocycles. The van der Waals surface area contributed by atoms with E-state index in [9.17, 15) is 13.2 Å². The van der Waals surface area contributed by atoms with E-state index in [0.717, 1.165) is 6.26 Å². The lowest BCUT2D eigenvalue weighted by Gasteiger charge is -2.02. The van der Waals surface area contributed by atoms with Crippen molar-refractivity contribution >= 4 is 21.3 Å². The third-order valence-corrected chi connectivity index (χ3v) is 3.05. The molecule has 16 heavy (non-hydrogen) atoms. The summed E-state index contributed by atoms with van der Waals surface area (Å²) in [6.07, 6.45) is 3.08. The number of carbonyl (C=O) groups excluding carboxylic acids is 1. The highest BCUT2D eigenvalue weighted by atomic mass is 32.2. The van der Waals surface area contributed by atoms with Crippen molar-refractivity contribution in [3.05, 3.63) is 24.0 Å². The largest absolute Gasteiger partial charge is 0.397 e. The molecule has 0 bridgehead atoms. The van der Waals surface area contributed by atoms with Crippen molar-refractivity contribution in [3.8, 4) is 0 Å². The van der Waals surface area contributed by atoms with Gasteiger partial charge in [-0.15, -0.1) is 0 Å². The predicted octanol–water partition coefficient (Wildman–Crippen LogP) is 0.671. The lowest BCUT2D eigenvalue weighted by Crippen LogP contribution is -2.09. The van der Waals surface area contributed by atoms with Crippen LogP contribution in [0.15, 0.2) is 18.3 Å². The molecule has 0 aliphatic rings. The number of carbonyl (C=O) groups is 1. The second-order valence-corrected chi connectivity index (χ2v) is 5.86. The summed E-state index contributed by atoms with van der Waals surface area (Å²) in [6, 6.07) is 3.24. The van der Waals surface area contributed by atoms with Gasteiger partial charge in [-0.05, 0) is 18.6 Å². The number of ketones is 1. The van der Waals surface area contributed by atoms with Crippen molar-refractivity contribution in [2.75, 3.05) is 17.7 Å². The molecule has 0 amide bonds. The molecule has 5 nitrogen and oxygen atoms in total. The number of rotatable bonds is 5. The summed E-state index contributed by atoms with van der Waals surface area (Å²) in [7, 11) is -3.02. The summed E-state index contributed by atoms with van der Waals surface area (Å²) >= 11 is 0. The zero-order valence-electron chi connectivity index (χ0n) is 9.01. The standard InChI is InChI=1S/C10H14N2O3S/c1-16(14,15)7-3-5-9(13)10-8(11)4-2-6-12-10/h2,4,6H,3,5,7,11H2,1H3. The average Bonchev–Trinajstić information content (AvgIpc) is 2.16. The third kappa shape index (κ3) is 3.98. The van der Waals surface area contributed by atoms with Gasteiger partial charge < -0.3 is 5.73 Å². The number of hydrogen-bond acceptors (Lipinski definition) is 5. The van der Waals surface area contributed by atoms with Gasteiger partial charge in [0.15, 0.2) is 5.78 Å². The molecule has 0 fully saturated rings. The van der Waals surface area contributed by atoms with E-state index in [1.54, 1.807) is 12.1 Å². The lowest BCUT2D eigenvalue weighted by molar-refractivity contribution is 0.0978.